The second kappa shape index (κ2) is 9.41. The van der Waals surface area contributed by atoms with Crippen LogP contribution in [0.1, 0.15) is 23.7 Å². The van der Waals surface area contributed by atoms with Crippen molar-refractivity contribution in [1.29, 1.82) is 0 Å². The molecule has 6 nitrogen and oxygen atoms in total. The number of amides is 1. The number of carbonyl (C=O) groups excluding carboxylic acids is 2. The van der Waals surface area contributed by atoms with Crippen LogP contribution in [0.2, 0.25) is 0 Å². The average Bonchev–Trinajstić information content (AvgIpc) is 2.66. The highest BCUT2D eigenvalue weighted by Gasteiger charge is 2.13. The molecule has 0 heterocycles. The first-order chi connectivity index (χ1) is 12.5. The fraction of sp³-hybridized carbons (Fsp3) is 0.263. The molecule has 0 fully saturated rings. The van der Waals surface area contributed by atoms with Gasteiger partial charge in [-0.25, -0.2) is 9.18 Å². The highest BCUT2D eigenvalue weighted by atomic mass is 19.1. The van der Waals surface area contributed by atoms with Crippen LogP contribution in [0, 0.1) is 5.82 Å². The summed E-state index contributed by atoms with van der Waals surface area (Å²) in [7, 11) is 1.43. The number of carbonyl (C=O) groups is 2. The third-order valence-corrected chi connectivity index (χ3v) is 3.32. The molecule has 0 radical (unpaired) electrons. The van der Waals surface area contributed by atoms with E-state index in [1.54, 1.807) is 0 Å². The number of benzene rings is 2. The van der Waals surface area contributed by atoms with E-state index >= 15 is 0 Å². The van der Waals surface area contributed by atoms with E-state index in [1.807, 2.05) is 6.92 Å². The van der Waals surface area contributed by atoms with Gasteiger partial charge in [-0.1, -0.05) is 6.92 Å². The van der Waals surface area contributed by atoms with Gasteiger partial charge in [0.25, 0.3) is 5.91 Å². The number of esters is 1. The largest absolute Gasteiger partial charge is 0.493 e. The predicted molar refractivity (Wildman–Crippen MR) is 94.1 cm³/mol. The summed E-state index contributed by atoms with van der Waals surface area (Å²) in [6, 6.07) is 9.95. The van der Waals surface area contributed by atoms with Crippen LogP contribution < -0.4 is 14.8 Å². The second-order valence-corrected chi connectivity index (χ2v) is 5.35. The molecule has 2 rings (SSSR count). The van der Waals surface area contributed by atoms with E-state index in [0.717, 1.165) is 6.42 Å². The average molecular weight is 361 g/mol. The summed E-state index contributed by atoms with van der Waals surface area (Å²) < 4.78 is 28.6. The molecule has 0 bridgehead atoms. The van der Waals surface area contributed by atoms with Crippen molar-refractivity contribution >= 4 is 17.6 Å². The zero-order valence-corrected chi connectivity index (χ0v) is 14.6. The van der Waals surface area contributed by atoms with Crippen LogP contribution in [-0.2, 0) is 9.53 Å². The van der Waals surface area contributed by atoms with Crippen molar-refractivity contribution in [3.8, 4) is 11.5 Å². The van der Waals surface area contributed by atoms with Crippen molar-refractivity contribution in [1.82, 2.24) is 0 Å². The summed E-state index contributed by atoms with van der Waals surface area (Å²) in [5.41, 5.74) is 0.791. The Morgan fingerprint density at radius 3 is 2.46 bits per heavy atom. The quantitative estimate of drug-likeness (QED) is 0.730. The van der Waals surface area contributed by atoms with Gasteiger partial charge >= 0.3 is 5.97 Å². The van der Waals surface area contributed by atoms with E-state index in [1.165, 1.54) is 49.6 Å². The number of methoxy groups -OCH3 is 1. The molecular formula is C19H20FNO5. The Bertz CT molecular complexity index is 761. The first-order valence-electron chi connectivity index (χ1n) is 8.07. The summed E-state index contributed by atoms with van der Waals surface area (Å²) in [5.74, 6) is -0.628. The Hall–Kier alpha value is -3.09. The van der Waals surface area contributed by atoms with Crippen molar-refractivity contribution in [3.05, 3.63) is 53.8 Å². The molecule has 2 aromatic rings. The van der Waals surface area contributed by atoms with Crippen molar-refractivity contribution < 1.29 is 28.2 Å². The molecule has 1 N–H and O–H groups in total. The molecule has 0 atom stereocenters. The molecule has 0 aromatic heterocycles. The predicted octanol–water partition coefficient (Wildman–Crippen LogP) is 3.42. The molecule has 0 unspecified atom stereocenters. The minimum atomic E-state index is -0.453. The molecule has 0 aliphatic carbocycles. The second-order valence-electron chi connectivity index (χ2n) is 5.35. The lowest BCUT2D eigenvalue weighted by molar-refractivity contribution is -0.118. The number of anilines is 1. The van der Waals surface area contributed by atoms with E-state index in [-0.39, 0.29) is 12.4 Å². The molecule has 0 saturated carbocycles. The van der Waals surface area contributed by atoms with Gasteiger partial charge in [0.15, 0.2) is 18.1 Å². The summed E-state index contributed by atoms with van der Waals surface area (Å²) in [6.07, 6.45) is 0.729. The van der Waals surface area contributed by atoms with Gasteiger partial charge in [0.1, 0.15) is 5.82 Å². The Kier molecular flexibility index (Phi) is 6.96. The molecule has 26 heavy (non-hydrogen) atoms. The highest BCUT2D eigenvalue weighted by Crippen LogP contribution is 2.28. The standard InChI is InChI=1S/C19H20FNO5/c1-3-10-25-19(23)13-4-9-16(17(11-13)24-2)26-12-18(22)21-15-7-5-14(20)6-8-15/h4-9,11H,3,10,12H2,1-2H3,(H,21,22). The fourth-order valence-electron chi connectivity index (χ4n) is 2.07. The third kappa shape index (κ3) is 5.47. The van der Waals surface area contributed by atoms with E-state index in [0.29, 0.717) is 29.4 Å². The first-order valence-corrected chi connectivity index (χ1v) is 8.07. The third-order valence-electron chi connectivity index (χ3n) is 3.32. The topological polar surface area (TPSA) is 73.9 Å². The molecule has 7 heteroatoms. The van der Waals surface area contributed by atoms with Crippen molar-refractivity contribution in [3.63, 3.8) is 0 Å². The summed E-state index contributed by atoms with van der Waals surface area (Å²) in [5, 5.41) is 2.58. The maximum atomic E-state index is 12.9. The zero-order chi connectivity index (χ0) is 18.9. The maximum absolute atomic E-state index is 12.9. The van der Waals surface area contributed by atoms with Crippen LogP contribution in [0.15, 0.2) is 42.5 Å². The molecular weight excluding hydrogens is 341 g/mol. The van der Waals surface area contributed by atoms with Crippen LogP contribution in [0.3, 0.4) is 0 Å². The van der Waals surface area contributed by atoms with Crippen LogP contribution >= 0.6 is 0 Å². The van der Waals surface area contributed by atoms with E-state index in [9.17, 15) is 14.0 Å². The Balaban J connectivity index is 1.96. The van der Waals surface area contributed by atoms with Crippen LogP contribution in [-0.4, -0.2) is 32.2 Å². The molecule has 0 aliphatic heterocycles. The molecule has 0 saturated heterocycles. The van der Waals surface area contributed by atoms with E-state index < -0.39 is 11.9 Å². The van der Waals surface area contributed by atoms with Gasteiger partial charge in [0, 0.05) is 5.69 Å². The Labute approximate surface area is 150 Å². The molecule has 1 amide bonds. The van der Waals surface area contributed by atoms with Gasteiger partial charge < -0.3 is 19.5 Å². The SMILES string of the molecule is CCCOC(=O)c1ccc(OCC(=O)Nc2ccc(F)cc2)c(OC)c1. The molecule has 138 valence electrons. The number of hydrogen-bond acceptors (Lipinski definition) is 5. The van der Waals surface area contributed by atoms with E-state index in [2.05, 4.69) is 5.32 Å². The summed E-state index contributed by atoms with van der Waals surface area (Å²) in [6.45, 7) is 1.97. The maximum Gasteiger partial charge on any atom is 0.338 e. The van der Waals surface area contributed by atoms with E-state index in [4.69, 9.17) is 14.2 Å². The van der Waals surface area contributed by atoms with Crippen LogP contribution in [0.25, 0.3) is 0 Å². The molecule has 2 aromatic carbocycles. The van der Waals surface area contributed by atoms with Crippen LogP contribution in [0.5, 0.6) is 11.5 Å². The Morgan fingerprint density at radius 2 is 1.81 bits per heavy atom. The number of hydrogen-bond donors (Lipinski definition) is 1. The van der Waals surface area contributed by atoms with Crippen LogP contribution in [0.4, 0.5) is 10.1 Å². The summed E-state index contributed by atoms with van der Waals surface area (Å²) in [4.78, 5) is 23.8. The monoisotopic (exact) mass is 361 g/mol. The van der Waals surface area contributed by atoms with Gasteiger partial charge in [-0.3, -0.25) is 4.79 Å². The normalized spacial score (nSPS) is 10.1. The van der Waals surface area contributed by atoms with Crippen molar-refractivity contribution in [2.45, 2.75) is 13.3 Å². The lowest BCUT2D eigenvalue weighted by Gasteiger charge is -2.12. The zero-order valence-electron chi connectivity index (χ0n) is 14.6. The van der Waals surface area contributed by atoms with Gasteiger partial charge in [0.2, 0.25) is 0 Å². The smallest absolute Gasteiger partial charge is 0.338 e. The highest BCUT2D eigenvalue weighted by molar-refractivity contribution is 5.92. The fourth-order valence-corrected chi connectivity index (χ4v) is 2.07. The van der Waals surface area contributed by atoms with Gasteiger partial charge in [-0.05, 0) is 48.9 Å². The lowest BCUT2D eigenvalue weighted by atomic mass is 10.2. The number of halogens is 1. The number of rotatable bonds is 8. The number of nitrogens with one attached hydrogen (secondary N) is 1. The van der Waals surface area contributed by atoms with Gasteiger partial charge in [-0.15, -0.1) is 0 Å². The van der Waals surface area contributed by atoms with Gasteiger partial charge in [-0.2, -0.15) is 0 Å². The first kappa shape index (κ1) is 19.2. The Morgan fingerprint density at radius 1 is 1.08 bits per heavy atom. The minimum Gasteiger partial charge on any atom is -0.493 e. The number of ether oxygens (including phenoxy) is 3. The van der Waals surface area contributed by atoms with Gasteiger partial charge in [0.05, 0.1) is 19.3 Å². The molecule has 0 spiro atoms. The van der Waals surface area contributed by atoms with Crippen molar-refractivity contribution in [2.24, 2.45) is 0 Å². The lowest BCUT2D eigenvalue weighted by Crippen LogP contribution is -2.20. The molecule has 0 aliphatic rings. The minimum absolute atomic E-state index is 0.270. The summed E-state index contributed by atoms with van der Waals surface area (Å²) >= 11 is 0. The van der Waals surface area contributed by atoms with Crippen molar-refractivity contribution in [2.75, 3.05) is 25.6 Å².